The summed E-state index contributed by atoms with van der Waals surface area (Å²) >= 11 is 3.39. The van der Waals surface area contributed by atoms with Crippen molar-refractivity contribution >= 4 is 21.7 Å². The van der Waals surface area contributed by atoms with Crippen LogP contribution in [0.2, 0.25) is 0 Å². The van der Waals surface area contributed by atoms with Crippen molar-refractivity contribution in [3.63, 3.8) is 0 Å². The Morgan fingerprint density at radius 3 is 2.81 bits per heavy atom. The molecule has 5 heteroatoms. The Bertz CT molecular complexity index is 566. The fourth-order valence-corrected chi connectivity index (χ4v) is 2.02. The van der Waals surface area contributed by atoms with Gasteiger partial charge < -0.3 is 10.7 Å². The number of benzene rings is 1. The molecule has 1 aromatic carbocycles. The van der Waals surface area contributed by atoms with Crippen LogP contribution in [0.15, 0.2) is 33.5 Å². The van der Waals surface area contributed by atoms with E-state index in [4.69, 9.17) is 5.73 Å². The van der Waals surface area contributed by atoms with Crippen molar-refractivity contribution in [2.24, 2.45) is 0 Å². The first-order valence-corrected chi connectivity index (χ1v) is 5.49. The van der Waals surface area contributed by atoms with Gasteiger partial charge in [-0.3, -0.25) is 0 Å². The van der Waals surface area contributed by atoms with E-state index in [0.29, 0.717) is 0 Å². The summed E-state index contributed by atoms with van der Waals surface area (Å²) in [5.41, 5.74) is 7.74. The highest BCUT2D eigenvalue weighted by Crippen LogP contribution is 2.27. The van der Waals surface area contributed by atoms with Gasteiger partial charge in [-0.25, -0.2) is 4.79 Å². The third-order valence-electron chi connectivity index (χ3n) is 2.26. The van der Waals surface area contributed by atoms with Gasteiger partial charge >= 0.3 is 5.69 Å². The number of H-pyrrole nitrogens is 1. The van der Waals surface area contributed by atoms with Gasteiger partial charge in [0.1, 0.15) is 5.82 Å². The monoisotopic (exact) mass is 279 g/mol. The van der Waals surface area contributed by atoms with E-state index in [1.165, 1.54) is 0 Å². The Balaban J connectivity index is 2.69. The average Bonchev–Trinajstić information content (AvgIpc) is 2.15. The van der Waals surface area contributed by atoms with Crippen molar-refractivity contribution in [3.8, 4) is 11.1 Å². The van der Waals surface area contributed by atoms with Crippen molar-refractivity contribution in [2.45, 2.75) is 6.92 Å². The molecule has 0 radical (unpaired) electrons. The Hall–Kier alpha value is -1.62. The zero-order chi connectivity index (χ0) is 11.7. The Morgan fingerprint density at radius 1 is 1.44 bits per heavy atom. The van der Waals surface area contributed by atoms with Gasteiger partial charge in [0.05, 0.1) is 0 Å². The van der Waals surface area contributed by atoms with Gasteiger partial charge in [0.2, 0.25) is 0 Å². The lowest BCUT2D eigenvalue weighted by Crippen LogP contribution is -2.15. The van der Waals surface area contributed by atoms with E-state index >= 15 is 0 Å². The molecule has 3 N–H and O–H groups in total. The maximum atomic E-state index is 11.1. The number of nitrogens with one attached hydrogen (secondary N) is 1. The topological polar surface area (TPSA) is 71.8 Å². The Labute approximate surface area is 101 Å². The molecule has 2 rings (SSSR count). The van der Waals surface area contributed by atoms with E-state index in [1.54, 1.807) is 6.92 Å². The Morgan fingerprint density at radius 2 is 2.19 bits per heavy atom. The molecule has 0 aliphatic rings. The second-order valence-electron chi connectivity index (χ2n) is 3.44. The van der Waals surface area contributed by atoms with Crippen LogP contribution in [-0.2, 0) is 0 Å². The molecule has 1 aromatic heterocycles. The first-order valence-electron chi connectivity index (χ1n) is 4.70. The zero-order valence-corrected chi connectivity index (χ0v) is 10.2. The molecule has 0 saturated carbocycles. The maximum absolute atomic E-state index is 11.1. The highest BCUT2D eigenvalue weighted by molar-refractivity contribution is 9.10. The summed E-state index contributed by atoms with van der Waals surface area (Å²) in [6, 6.07) is 7.68. The van der Waals surface area contributed by atoms with Gasteiger partial charge in [-0.2, -0.15) is 4.98 Å². The second kappa shape index (κ2) is 4.09. The molecule has 0 spiro atoms. The summed E-state index contributed by atoms with van der Waals surface area (Å²) in [5.74, 6) is 0.249. The number of hydrogen-bond acceptors (Lipinski definition) is 3. The van der Waals surface area contributed by atoms with E-state index in [1.807, 2.05) is 24.3 Å². The van der Waals surface area contributed by atoms with Crippen molar-refractivity contribution in [2.75, 3.05) is 5.73 Å². The summed E-state index contributed by atoms with van der Waals surface area (Å²) in [4.78, 5) is 17.4. The molecule has 0 unspecified atom stereocenters. The number of rotatable bonds is 1. The highest BCUT2D eigenvalue weighted by Gasteiger charge is 2.09. The van der Waals surface area contributed by atoms with Crippen LogP contribution in [0.1, 0.15) is 5.69 Å². The molecular formula is C11H10BrN3O. The van der Waals surface area contributed by atoms with Gasteiger partial charge in [0.15, 0.2) is 0 Å². The molecule has 1 heterocycles. The lowest BCUT2D eigenvalue weighted by atomic mass is 10.1. The fourth-order valence-electron chi connectivity index (χ4n) is 1.62. The summed E-state index contributed by atoms with van der Waals surface area (Å²) in [5, 5.41) is 0. The predicted octanol–water partition coefficient (Wildman–Crippen LogP) is 2.09. The number of halogens is 1. The number of nitrogen functional groups attached to an aromatic ring is 1. The lowest BCUT2D eigenvalue weighted by molar-refractivity contribution is 1.04. The maximum Gasteiger partial charge on any atom is 0.347 e. The zero-order valence-electron chi connectivity index (χ0n) is 8.62. The largest absolute Gasteiger partial charge is 0.383 e. The van der Waals surface area contributed by atoms with Crippen LogP contribution >= 0.6 is 15.9 Å². The quantitative estimate of drug-likeness (QED) is 0.840. The van der Waals surface area contributed by atoms with E-state index < -0.39 is 5.69 Å². The van der Waals surface area contributed by atoms with Crippen molar-refractivity contribution in [1.29, 1.82) is 0 Å². The molecule has 2 aromatic rings. The Kier molecular flexibility index (Phi) is 2.78. The summed E-state index contributed by atoms with van der Waals surface area (Å²) in [6.45, 7) is 1.80. The minimum Gasteiger partial charge on any atom is -0.383 e. The van der Waals surface area contributed by atoms with E-state index in [9.17, 15) is 4.79 Å². The molecule has 16 heavy (non-hydrogen) atoms. The van der Waals surface area contributed by atoms with Gasteiger partial charge in [-0.15, -0.1) is 0 Å². The molecule has 0 fully saturated rings. The number of hydrogen-bond donors (Lipinski definition) is 2. The highest BCUT2D eigenvalue weighted by atomic mass is 79.9. The van der Waals surface area contributed by atoms with Crippen LogP contribution in [0.3, 0.4) is 0 Å². The van der Waals surface area contributed by atoms with Crippen LogP contribution in [0.4, 0.5) is 5.82 Å². The standard InChI is InChI=1S/C11H10BrN3O/c1-6-9(10(13)15-11(16)14-6)7-3-2-4-8(12)5-7/h2-5H,1H3,(H3,13,14,15,16). The number of anilines is 1. The van der Waals surface area contributed by atoms with Crippen molar-refractivity contribution in [3.05, 3.63) is 44.9 Å². The van der Waals surface area contributed by atoms with Gasteiger partial charge in [-0.05, 0) is 24.6 Å². The fraction of sp³-hybridized carbons (Fsp3) is 0.0909. The van der Waals surface area contributed by atoms with Crippen LogP contribution in [0.25, 0.3) is 11.1 Å². The number of aromatic nitrogens is 2. The molecule has 0 aliphatic heterocycles. The SMILES string of the molecule is Cc1[nH]c(=O)nc(N)c1-c1cccc(Br)c1. The summed E-state index contributed by atoms with van der Waals surface area (Å²) in [7, 11) is 0. The van der Waals surface area contributed by atoms with E-state index in [2.05, 4.69) is 25.9 Å². The molecule has 0 aliphatic carbocycles. The molecule has 4 nitrogen and oxygen atoms in total. The van der Waals surface area contributed by atoms with Crippen molar-refractivity contribution < 1.29 is 0 Å². The molecule has 0 saturated heterocycles. The van der Waals surface area contributed by atoms with Crippen LogP contribution in [0.5, 0.6) is 0 Å². The van der Waals surface area contributed by atoms with Crippen LogP contribution < -0.4 is 11.4 Å². The average molecular weight is 280 g/mol. The summed E-state index contributed by atoms with van der Waals surface area (Å²) in [6.07, 6.45) is 0. The van der Waals surface area contributed by atoms with Gasteiger partial charge in [0, 0.05) is 15.7 Å². The normalized spacial score (nSPS) is 10.4. The third kappa shape index (κ3) is 1.99. The minimum atomic E-state index is -0.422. The smallest absolute Gasteiger partial charge is 0.347 e. The van der Waals surface area contributed by atoms with Gasteiger partial charge in [-0.1, -0.05) is 28.1 Å². The molecular weight excluding hydrogens is 270 g/mol. The number of nitrogens with zero attached hydrogens (tertiary/aromatic N) is 1. The van der Waals surface area contributed by atoms with E-state index in [0.717, 1.165) is 21.3 Å². The third-order valence-corrected chi connectivity index (χ3v) is 2.75. The number of aromatic amines is 1. The van der Waals surface area contributed by atoms with Crippen LogP contribution in [-0.4, -0.2) is 9.97 Å². The van der Waals surface area contributed by atoms with Crippen LogP contribution in [0, 0.1) is 6.92 Å². The first-order chi connectivity index (χ1) is 7.58. The lowest BCUT2D eigenvalue weighted by Gasteiger charge is -2.08. The molecule has 0 amide bonds. The first kappa shape index (κ1) is 10.9. The van der Waals surface area contributed by atoms with Gasteiger partial charge in [0.25, 0.3) is 0 Å². The predicted molar refractivity (Wildman–Crippen MR) is 67.1 cm³/mol. The second-order valence-corrected chi connectivity index (χ2v) is 4.35. The van der Waals surface area contributed by atoms with E-state index in [-0.39, 0.29) is 5.82 Å². The molecule has 0 bridgehead atoms. The van der Waals surface area contributed by atoms with Crippen molar-refractivity contribution in [1.82, 2.24) is 9.97 Å². The molecule has 0 atom stereocenters. The minimum absolute atomic E-state index is 0.249. The summed E-state index contributed by atoms with van der Waals surface area (Å²) < 4.78 is 0.954. The number of aryl methyl sites for hydroxylation is 1. The number of nitrogens with two attached hydrogens (primary N) is 1. The molecule has 82 valence electrons.